The van der Waals surface area contributed by atoms with Gasteiger partial charge in [-0.2, -0.15) is 0 Å². The molecule has 0 spiro atoms. The van der Waals surface area contributed by atoms with Crippen LogP contribution in [0.1, 0.15) is 5.56 Å². The molecule has 0 atom stereocenters. The van der Waals surface area contributed by atoms with Gasteiger partial charge in [0.25, 0.3) is 0 Å². The fourth-order valence-electron chi connectivity index (χ4n) is 2.14. The number of hydrogen-bond donors (Lipinski definition) is 1. The lowest BCUT2D eigenvalue weighted by atomic mass is 10.1. The van der Waals surface area contributed by atoms with Crippen molar-refractivity contribution in [2.75, 3.05) is 46.6 Å². The van der Waals surface area contributed by atoms with Gasteiger partial charge in [0.05, 0.1) is 19.8 Å². The van der Waals surface area contributed by atoms with Crippen molar-refractivity contribution in [3.8, 4) is 0 Å². The second-order valence-corrected chi connectivity index (χ2v) is 5.79. The van der Waals surface area contributed by atoms with Crippen LogP contribution in [0, 0.1) is 0 Å². The summed E-state index contributed by atoms with van der Waals surface area (Å²) < 4.78 is 10.4. The first-order valence-corrected chi connectivity index (χ1v) is 8.06. The molecule has 1 heterocycles. The Balaban J connectivity index is 2.17. The zero-order chi connectivity index (χ0) is 15.8. The average Bonchev–Trinajstić information content (AvgIpc) is 2.55. The van der Waals surface area contributed by atoms with Gasteiger partial charge in [0.1, 0.15) is 4.99 Å². The van der Waals surface area contributed by atoms with E-state index >= 15 is 0 Å². The van der Waals surface area contributed by atoms with Gasteiger partial charge in [-0.05, 0) is 17.7 Å². The van der Waals surface area contributed by atoms with Crippen molar-refractivity contribution in [2.45, 2.75) is 0 Å². The number of nitrogens with zero attached hydrogens (tertiary/aromatic N) is 1. The SMILES string of the molecule is COCCNC(=S)/C(=C/N1CCOCC1)c1ccc(Cl)cc1. The van der Waals surface area contributed by atoms with Gasteiger partial charge in [-0.25, -0.2) is 0 Å². The molecule has 1 aromatic carbocycles. The van der Waals surface area contributed by atoms with Crippen LogP contribution in [0.2, 0.25) is 5.02 Å². The highest BCUT2D eigenvalue weighted by molar-refractivity contribution is 7.81. The third kappa shape index (κ3) is 5.25. The number of rotatable bonds is 6. The van der Waals surface area contributed by atoms with Crippen molar-refractivity contribution in [1.29, 1.82) is 0 Å². The van der Waals surface area contributed by atoms with Crippen LogP contribution in [0.5, 0.6) is 0 Å². The van der Waals surface area contributed by atoms with Crippen LogP contribution in [0.4, 0.5) is 0 Å². The Morgan fingerprint density at radius 2 is 2.05 bits per heavy atom. The number of methoxy groups -OCH3 is 1. The Bertz CT molecular complexity index is 513. The number of benzene rings is 1. The van der Waals surface area contributed by atoms with Gasteiger partial charge in [0, 0.05) is 43.5 Å². The molecular formula is C16H21ClN2O2S. The highest BCUT2D eigenvalue weighted by atomic mass is 35.5. The van der Waals surface area contributed by atoms with E-state index in [0.717, 1.165) is 37.4 Å². The molecule has 6 heteroatoms. The van der Waals surface area contributed by atoms with Crippen molar-refractivity contribution in [3.05, 3.63) is 41.1 Å². The Labute approximate surface area is 142 Å². The number of halogens is 1. The maximum Gasteiger partial charge on any atom is 0.108 e. The van der Waals surface area contributed by atoms with Crippen molar-refractivity contribution in [2.24, 2.45) is 0 Å². The van der Waals surface area contributed by atoms with Crippen LogP contribution < -0.4 is 5.32 Å². The normalized spacial score (nSPS) is 15.7. The zero-order valence-corrected chi connectivity index (χ0v) is 14.3. The first kappa shape index (κ1) is 17.2. The smallest absolute Gasteiger partial charge is 0.108 e. The highest BCUT2D eigenvalue weighted by Gasteiger charge is 2.13. The number of nitrogens with one attached hydrogen (secondary N) is 1. The summed E-state index contributed by atoms with van der Waals surface area (Å²) in [5.74, 6) is 0. The first-order valence-electron chi connectivity index (χ1n) is 7.27. The van der Waals surface area contributed by atoms with Crippen molar-refractivity contribution < 1.29 is 9.47 Å². The molecule has 2 rings (SSSR count). The van der Waals surface area contributed by atoms with E-state index in [1.807, 2.05) is 24.3 Å². The van der Waals surface area contributed by atoms with Gasteiger partial charge < -0.3 is 19.7 Å². The number of hydrogen-bond acceptors (Lipinski definition) is 4. The molecule has 0 aromatic heterocycles. The molecule has 0 aliphatic carbocycles. The van der Waals surface area contributed by atoms with E-state index in [4.69, 9.17) is 33.3 Å². The topological polar surface area (TPSA) is 33.7 Å². The fraction of sp³-hybridized carbons (Fsp3) is 0.438. The molecule has 1 saturated heterocycles. The summed E-state index contributed by atoms with van der Waals surface area (Å²) in [5, 5.41) is 3.95. The summed E-state index contributed by atoms with van der Waals surface area (Å²) in [6, 6.07) is 7.72. The predicted octanol–water partition coefficient (Wildman–Crippen LogP) is 2.58. The minimum Gasteiger partial charge on any atom is -0.383 e. The average molecular weight is 341 g/mol. The Morgan fingerprint density at radius 1 is 1.36 bits per heavy atom. The summed E-state index contributed by atoms with van der Waals surface area (Å²) >= 11 is 11.5. The van der Waals surface area contributed by atoms with Crippen LogP contribution in [-0.2, 0) is 9.47 Å². The van der Waals surface area contributed by atoms with Crippen molar-refractivity contribution in [3.63, 3.8) is 0 Å². The van der Waals surface area contributed by atoms with Gasteiger partial charge in [0.15, 0.2) is 0 Å². The monoisotopic (exact) mass is 340 g/mol. The Kier molecular flexibility index (Phi) is 7.12. The lowest BCUT2D eigenvalue weighted by Crippen LogP contribution is -2.34. The van der Waals surface area contributed by atoms with Crippen LogP contribution in [0.25, 0.3) is 5.57 Å². The van der Waals surface area contributed by atoms with E-state index in [1.165, 1.54) is 0 Å². The lowest BCUT2D eigenvalue weighted by Gasteiger charge is -2.27. The minimum absolute atomic E-state index is 0.617. The zero-order valence-electron chi connectivity index (χ0n) is 12.7. The number of thiocarbonyl (C=S) groups is 1. The first-order chi connectivity index (χ1) is 10.7. The van der Waals surface area contributed by atoms with Crippen molar-refractivity contribution >= 4 is 34.4 Å². The highest BCUT2D eigenvalue weighted by Crippen LogP contribution is 2.20. The molecule has 22 heavy (non-hydrogen) atoms. The van der Waals surface area contributed by atoms with Gasteiger partial charge in [-0.15, -0.1) is 0 Å². The van der Waals surface area contributed by atoms with E-state index in [2.05, 4.69) is 16.4 Å². The Hall–Kier alpha value is -1.14. The van der Waals surface area contributed by atoms with Crippen LogP contribution in [0.3, 0.4) is 0 Å². The second kappa shape index (κ2) is 9.10. The molecule has 1 N–H and O–H groups in total. The molecule has 0 saturated carbocycles. The summed E-state index contributed by atoms with van der Waals surface area (Å²) in [6.45, 7) is 4.53. The largest absolute Gasteiger partial charge is 0.383 e. The number of morpholine rings is 1. The van der Waals surface area contributed by atoms with Gasteiger partial charge in [0.2, 0.25) is 0 Å². The molecule has 120 valence electrons. The van der Waals surface area contributed by atoms with Crippen LogP contribution >= 0.6 is 23.8 Å². The molecular weight excluding hydrogens is 320 g/mol. The van der Waals surface area contributed by atoms with Crippen LogP contribution in [-0.4, -0.2) is 56.5 Å². The van der Waals surface area contributed by atoms with E-state index < -0.39 is 0 Å². The molecule has 0 unspecified atom stereocenters. The summed E-state index contributed by atoms with van der Waals surface area (Å²) in [6.07, 6.45) is 2.11. The molecule has 4 nitrogen and oxygen atoms in total. The molecule has 1 aliphatic rings. The summed E-state index contributed by atoms with van der Waals surface area (Å²) in [5.41, 5.74) is 2.04. The Morgan fingerprint density at radius 3 is 2.68 bits per heavy atom. The van der Waals surface area contributed by atoms with E-state index in [-0.39, 0.29) is 0 Å². The predicted molar refractivity (Wildman–Crippen MR) is 94.3 cm³/mol. The van der Waals surface area contributed by atoms with Gasteiger partial charge >= 0.3 is 0 Å². The van der Waals surface area contributed by atoms with E-state index in [9.17, 15) is 0 Å². The fourth-order valence-corrected chi connectivity index (χ4v) is 2.54. The molecule has 0 bridgehead atoms. The van der Waals surface area contributed by atoms with Gasteiger partial charge in [-0.3, -0.25) is 0 Å². The number of ether oxygens (including phenoxy) is 2. The van der Waals surface area contributed by atoms with E-state index in [1.54, 1.807) is 7.11 Å². The molecule has 0 amide bonds. The third-order valence-electron chi connectivity index (χ3n) is 3.35. The standard InChI is InChI=1S/C16H21ClN2O2S/c1-20-9-6-18-16(22)15(12-19-7-10-21-11-8-19)13-2-4-14(17)5-3-13/h2-5,12H,6-11H2,1H3,(H,18,22)/b15-12+. The quantitative estimate of drug-likeness (QED) is 0.489. The molecule has 0 radical (unpaired) electrons. The maximum atomic E-state index is 5.98. The molecule has 1 aromatic rings. The van der Waals surface area contributed by atoms with Crippen molar-refractivity contribution in [1.82, 2.24) is 10.2 Å². The van der Waals surface area contributed by atoms with E-state index in [0.29, 0.717) is 23.2 Å². The van der Waals surface area contributed by atoms with Gasteiger partial charge in [-0.1, -0.05) is 36.0 Å². The van der Waals surface area contributed by atoms with Crippen LogP contribution in [0.15, 0.2) is 30.5 Å². The lowest BCUT2D eigenvalue weighted by molar-refractivity contribution is 0.0597. The molecule has 1 aliphatic heterocycles. The minimum atomic E-state index is 0.617. The maximum absolute atomic E-state index is 5.98. The molecule has 1 fully saturated rings. The summed E-state index contributed by atoms with van der Waals surface area (Å²) in [4.78, 5) is 2.95. The third-order valence-corrected chi connectivity index (χ3v) is 3.97. The summed E-state index contributed by atoms with van der Waals surface area (Å²) in [7, 11) is 1.68. The second-order valence-electron chi connectivity index (χ2n) is 4.95.